The molecule has 1 amide bonds. The monoisotopic (exact) mass is 610 g/mol. The van der Waals surface area contributed by atoms with Crippen LogP contribution in [-0.2, 0) is 19.8 Å². The first-order chi connectivity index (χ1) is 22.0. The molecule has 0 saturated heterocycles. The number of nitrogens with one attached hydrogen (secondary N) is 2. The number of aliphatic hydroxyl groups excluding tert-OH is 1. The molecular weight excluding hydrogens is 572 g/mol. The Morgan fingerprint density at radius 1 is 0.889 bits per heavy atom. The number of amides is 1. The molecule has 5 aromatic rings. The number of benzene rings is 3. The standard InChI is InChI=1S/C35H38N4O6/c1-4-37-35(41)33-32(31-17-26(38-44-31)20-36-15-16-40)34(45-39-33)28-18-27(23(2)3)29(42-21-24-11-7-5-8-12-24)19-30(28)43-22-25-13-9-6-10-14-25/h5-14,17-19,23,36,40H,4,15-16,20-22H2,1-3H3,(H,37,41). The second-order valence-corrected chi connectivity index (χ2v) is 10.8. The van der Waals surface area contributed by atoms with E-state index < -0.39 is 5.91 Å². The van der Waals surface area contributed by atoms with Gasteiger partial charge in [-0.3, -0.25) is 4.79 Å². The van der Waals surface area contributed by atoms with E-state index in [2.05, 4.69) is 34.8 Å². The molecule has 2 aromatic heterocycles. The normalized spacial score (nSPS) is 11.1. The molecule has 10 heteroatoms. The molecule has 3 N–H and O–H groups in total. The minimum absolute atomic E-state index is 0.00313. The zero-order chi connectivity index (χ0) is 31.6. The number of carbonyl (C=O) groups is 1. The van der Waals surface area contributed by atoms with Gasteiger partial charge in [0.1, 0.15) is 30.3 Å². The number of carbonyl (C=O) groups excluding carboxylic acids is 1. The molecule has 0 saturated carbocycles. The number of aromatic nitrogens is 2. The van der Waals surface area contributed by atoms with Gasteiger partial charge in [-0.1, -0.05) is 84.8 Å². The van der Waals surface area contributed by atoms with Crippen LogP contribution in [0.3, 0.4) is 0 Å². The maximum Gasteiger partial charge on any atom is 0.274 e. The first-order valence-corrected chi connectivity index (χ1v) is 15.1. The van der Waals surface area contributed by atoms with Crippen LogP contribution in [0.5, 0.6) is 11.5 Å². The molecule has 0 spiro atoms. The summed E-state index contributed by atoms with van der Waals surface area (Å²) in [5.41, 5.74) is 4.58. The molecule has 0 aliphatic carbocycles. The van der Waals surface area contributed by atoms with Crippen LogP contribution in [0.4, 0.5) is 0 Å². The van der Waals surface area contributed by atoms with Crippen molar-refractivity contribution in [1.29, 1.82) is 0 Å². The molecule has 0 bridgehead atoms. The Bertz CT molecular complexity index is 1680. The predicted octanol–water partition coefficient (Wildman–Crippen LogP) is 6.11. The van der Waals surface area contributed by atoms with Crippen LogP contribution in [0, 0.1) is 0 Å². The molecule has 45 heavy (non-hydrogen) atoms. The first-order valence-electron chi connectivity index (χ1n) is 15.1. The van der Waals surface area contributed by atoms with E-state index in [-0.39, 0.29) is 18.2 Å². The Morgan fingerprint density at radius 2 is 1.56 bits per heavy atom. The Labute approximate surface area is 262 Å². The van der Waals surface area contributed by atoms with Gasteiger partial charge in [-0.25, -0.2) is 0 Å². The van der Waals surface area contributed by atoms with Gasteiger partial charge in [-0.05, 0) is 35.6 Å². The van der Waals surface area contributed by atoms with E-state index in [9.17, 15) is 4.79 Å². The van der Waals surface area contributed by atoms with Crippen molar-refractivity contribution in [3.8, 4) is 34.1 Å². The van der Waals surface area contributed by atoms with Gasteiger partial charge in [0.05, 0.1) is 17.9 Å². The van der Waals surface area contributed by atoms with Crippen molar-refractivity contribution in [3.05, 3.63) is 107 Å². The smallest absolute Gasteiger partial charge is 0.274 e. The van der Waals surface area contributed by atoms with Gasteiger partial charge >= 0.3 is 0 Å². The quantitative estimate of drug-likeness (QED) is 0.120. The molecule has 0 aliphatic heterocycles. The van der Waals surface area contributed by atoms with E-state index in [4.69, 9.17) is 23.6 Å². The highest BCUT2D eigenvalue weighted by molar-refractivity contribution is 6.01. The van der Waals surface area contributed by atoms with Gasteiger partial charge in [0.2, 0.25) is 0 Å². The molecule has 0 radical (unpaired) electrons. The zero-order valence-electron chi connectivity index (χ0n) is 25.7. The van der Waals surface area contributed by atoms with E-state index >= 15 is 0 Å². The Hall–Kier alpha value is -4.93. The largest absolute Gasteiger partial charge is 0.488 e. The van der Waals surface area contributed by atoms with Gasteiger partial charge in [0.25, 0.3) is 5.91 Å². The van der Waals surface area contributed by atoms with Crippen molar-refractivity contribution in [2.45, 2.75) is 46.4 Å². The highest BCUT2D eigenvalue weighted by Gasteiger charge is 2.30. The minimum Gasteiger partial charge on any atom is -0.488 e. The van der Waals surface area contributed by atoms with Crippen LogP contribution in [0.1, 0.15) is 59.6 Å². The molecule has 234 valence electrons. The summed E-state index contributed by atoms with van der Waals surface area (Å²) in [6, 6.07) is 25.4. The van der Waals surface area contributed by atoms with Crippen molar-refractivity contribution in [1.82, 2.24) is 20.9 Å². The zero-order valence-corrected chi connectivity index (χ0v) is 25.7. The number of ether oxygens (including phenoxy) is 2. The van der Waals surface area contributed by atoms with Crippen LogP contribution >= 0.6 is 0 Å². The van der Waals surface area contributed by atoms with Gasteiger partial charge < -0.3 is 34.3 Å². The number of hydrogen-bond donors (Lipinski definition) is 3. The van der Waals surface area contributed by atoms with Crippen molar-refractivity contribution < 1.29 is 28.4 Å². The van der Waals surface area contributed by atoms with E-state index in [0.29, 0.717) is 72.7 Å². The van der Waals surface area contributed by atoms with E-state index in [1.165, 1.54) is 0 Å². The lowest BCUT2D eigenvalue weighted by Crippen LogP contribution is -2.23. The summed E-state index contributed by atoms with van der Waals surface area (Å²) in [4.78, 5) is 13.2. The Morgan fingerprint density at radius 3 is 2.18 bits per heavy atom. The number of nitrogens with zero attached hydrogens (tertiary/aromatic N) is 2. The topological polar surface area (TPSA) is 132 Å². The summed E-state index contributed by atoms with van der Waals surface area (Å²) >= 11 is 0. The molecule has 5 rings (SSSR count). The molecule has 2 heterocycles. The maximum absolute atomic E-state index is 13.2. The van der Waals surface area contributed by atoms with Crippen molar-refractivity contribution in [2.75, 3.05) is 19.7 Å². The second kappa shape index (κ2) is 15.2. The van der Waals surface area contributed by atoms with Gasteiger partial charge in [0, 0.05) is 31.8 Å². The second-order valence-electron chi connectivity index (χ2n) is 10.8. The predicted molar refractivity (Wildman–Crippen MR) is 170 cm³/mol. The summed E-state index contributed by atoms with van der Waals surface area (Å²) in [6.07, 6.45) is 0. The van der Waals surface area contributed by atoms with Gasteiger partial charge in [-0.2, -0.15) is 0 Å². The average Bonchev–Trinajstić information content (AvgIpc) is 3.71. The third-order valence-electron chi connectivity index (χ3n) is 7.10. The van der Waals surface area contributed by atoms with E-state index in [1.807, 2.05) is 79.7 Å². The van der Waals surface area contributed by atoms with Crippen molar-refractivity contribution in [3.63, 3.8) is 0 Å². The van der Waals surface area contributed by atoms with Gasteiger partial charge in [-0.15, -0.1) is 0 Å². The third-order valence-corrected chi connectivity index (χ3v) is 7.10. The lowest BCUT2D eigenvalue weighted by molar-refractivity contribution is 0.0947. The maximum atomic E-state index is 13.2. The summed E-state index contributed by atoms with van der Waals surface area (Å²) in [7, 11) is 0. The molecule has 0 atom stereocenters. The van der Waals surface area contributed by atoms with E-state index in [0.717, 1.165) is 16.7 Å². The molecule has 3 aromatic carbocycles. The van der Waals surface area contributed by atoms with Crippen LogP contribution in [0.25, 0.3) is 22.6 Å². The Kier molecular flexibility index (Phi) is 10.6. The third kappa shape index (κ3) is 7.78. The fraction of sp³-hybridized carbons (Fsp3) is 0.286. The van der Waals surface area contributed by atoms with Crippen molar-refractivity contribution in [2.24, 2.45) is 0 Å². The SMILES string of the molecule is CCNC(=O)c1noc(-c2cc(C(C)C)c(OCc3ccccc3)cc2OCc2ccccc2)c1-c1cc(CNCCO)no1. The molecule has 0 fully saturated rings. The highest BCUT2D eigenvalue weighted by Crippen LogP contribution is 2.44. The van der Waals surface area contributed by atoms with Gasteiger partial charge in [0.15, 0.2) is 17.2 Å². The minimum atomic E-state index is -0.405. The first kappa shape index (κ1) is 31.5. The van der Waals surface area contributed by atoms with Crippen molar-refractivity contribution >= 4 is 5.91 Å². The van der Waals surface area contributed by atoms with Crippen LogP contribution in [0.15, 0.2) is 87.9 Å². The fourth-order valence-corrected chi connectivity index (χ4v) is 4.83. The summed E-state index contributed by atoms with van der Waals surface area (Å²) < 4.78 is 24.5. The number of hydrogen-bond acceptors (Lipinski definition) is 9. The summed E-state index contributed by atoms with van der Waals surface area (Å²) in [5.74, 6) is 1.48. The highest BCUT2D eigenvalue weighted by atomic mass is 16.5. The molecule has 0 aliphatic rings. The lowest BCUT2D eigenvalue weighted by atomic mass is 9.95. The van der Waals surface area contributed by atoms with E-state index in [1.54, 1.807) is 6.07 Å². The fourth-order valence-electron chi connectivity index (χ4n) is 4.83. The molecule has 10 nitrogen and oxygen atoms in total. The number of rotatable bonds is 15. The lowest BCUT2D eigenvalue weighted by Gasteiger charge is -2.19. The van der Waals surface area contributed by atoms with Crippen LogP contribution in [0.2, 0.25) is 0 Å². The van der Waals surface area contributed by atoms with Crippen LogP contribution < -0.4 is 20.1 Å². The van der Waals surface area contributed by atoms with Crippen LogP contribution in [-0.4, -0.2) is 41.0 Å². The summed E-state index contributed by atoms with van der Waals surface area (Å²) in [5, 5.41) is 23.4. The average molecular weight is 611 g/mol. The summed E-state index contributed by atoms with van der Waals surface area (Å²) in [6.45, 7) is 7.87. The number of aliphatic hydroxyl groups is 1. The molecule has 0 unspecified atom stereocenters. The Balaban J connectivity index is 1.62. The molecular formula is C35H38N4O6.